The fourth-order valence-electron chi connectivity index (χ4n) is 2.30. The first-order valence-corrected chi connectivity index (χ1v) is 9.36. The first-order valence-electron chi connectivity index (χ1n) is 7.87. The molecular formula is C18H16N4O4S. The molecule has 0 saturated carbocycles. The molecule has 2 aromatic rings. The number of hydrogen-bond acceptors (Lipinski definition) is 5. The zero-order valence-corrected chi connectivity index (χ0v) is 15.1. The van der Waals surface area contributed by atoms with Crippen LogP contribution in [0.5, 0.6) is 0 Å². The zero-order valence-electron chi connectivity index (χ0n) is 14.3. The van der Waals surface area contributed by atoms with Gasteiger partial charge in [0.05, 0.1) is 11.1 Å². The molecule has 1 aliphatic heterocycles. The maximum absolute atomic E-state index is 12.3. The number of amides is 3. The Balaban J connectivity index is 1.72. The lowest BCUT2D eigenvalue weighted by Crippen LogP contribution is -2.25. The van der Waals surface area contributed by atoms with E-state index in [-0.39, 0.29) is 10.6 Å². The molecule has 0 aliphatic carbocycles. The second-order valence-electron chi connectivity index (χ2n) is 5.68. The Hall–Kier alpha value is -3.46. The van der Waals surface area contributed by atoms with Gasteiger partial charge in [0.15, 0.2) is 0 Å². The summed E-state index contributed by atoms with van der Waals surface area (Å²) in [5, 5.41) is 6.19. The third kappa shape index (κ3) is 4.21. The van der Waals surface area contributed by atoms with E-state index < -0.39 is 22.0 Å². The molecule has 8 nitrogen and oxygen atoms in total. The minimum absolute atomic E-state index is 0.0220. The van der Waals surface area contributed by atoms with E-state index in [0.717, 1.165) is 10.5 Å². The number of rotatable bonds is 5. The highest BCUT2D eigenvalue weighted by atomic mass is 32.2. The van der Waals surface area contributed by atoms with E-state index in [1.165, 1.54) is 43.6 Å². The van der Waals surface area contributed by atoms with Crippen molar-refractivity contribution >= 4 is 34.3 Å². The number of carbonyl (C=O) groups is 2. The predicted molar refractivity (Wildman–Crippen MR) is 100 cm³/mol. The Morgan fingerprint density at radius 2 is 1.67 bits per heavy atom. The van der Waals surface area contributed by atoms with Crippen molar-refractivity contribution in [3.8, 4) is 0 Å². The minimum atomic E-state index is -3.82. The van der Waals surface area contributed by atoms with Crippen LogP contribution in [-0.2, 0) is 14.8 Å². The van der Waals surface area contributed by atoms with Crippen LogP contribution in [0.1, 0.15) is 11.1 Å². The van der Waals surface area contributed by atoms with Gasteiger partial charge in [-0.1, -0.05) is 42.5 Å². The molecule has 0 atom stereocenters. The molecule has 27 heavy (non-hydrogen) atoms. The summed E-state index contributed by atoms with van der Waals surface area (Å²) in [7, 11) is -2.45. The van der Waals surface area contributed by atoms with Gasteiger partial charge in [0.2, 0.25) is 0 Å². The van der Waals surface area contributed by atoms with Gasteiger partial charge in [-0.25, -0.2) is 9.63 Å². The van der Waals surface area contributed by atoms with Gasteiger partial charge >= 0.3 is 6.03 Å². The summed E-state index contributed by atoms with van der Waals surface area (Å²) in [6.07, 6.45) is 2.88. The Morgan fingerprint density at radius 3 is 2.26 bits per heavy atom. The first kappa shape index (κ1) is 18.3. The summed E-state index contributed by atoms with van der Waals surface area (Å²) in [5.41, 5.74) is 1.46. The van der Waals surface area contributed by atoms with Crippen LogP contribution in [0, 0.1) is 0 Å². The van der Waals surface area contributed by atoms with E-state index in [2.05, 4.69) is 15.2 Å². The van der Waals surface area contributed by atoms with Gasteiger partial charge in [-0.15, -0.1) is 0 Å². The Bertz CT molecular complexity index is 1030. The first-order chi connectivity index (χ1) is 12.9. The monoisotopic (exact) mass is 384 g/mol. The number of likely N-dealkylation sites (N-methyl/N-ethyl adjacent to an activating group) is 1. The molecule has 1 saturated heterocycles. The number of nitrogens with one attached hydrogen (secondary N) is 2. The highest BCUT2D eigenvalue weighted by molar-refractivity contribution is 7.89. The number of nitrogens with zero attached hydrogens (tertiary/aromatic N) is 2. The van der Waals surface area contributed by atoms with Crippen LogP contribution in [0.15, 0.2) is 70.3 Å². The Kier molecular flexibility index (Phi) is 5.04. The molecule has 0 spiro atoms. The van der Waals surface area contributed by atoms with Crippen molar-refractivity contribution in [3.05, 3.63) is 71.4 Å². The fraction of sp³-hybridized carbons (Fsp3) is 0.0556. The SMILES string of the molecule is CN1C(=O)N/C(=C\c2ccc(S(=O)(=O)N/N=C\c3ccccc3)cc2)C1=O. The Labute approximate surface area is 156 Å². The van der Waals surface area contributed by atoms with E-state index in [9.17, 15) is 18.0 Å². The normalized spacial score (nSPS) is 16.2. The number of hydrazone groups is 1. The van der Waals surface area contributed by atoms with Crippen LogP contribution in [0.4, 0.5) is 4.79 Å². The molecule has 3 rings (SSSR count). The van der Waals surface area contributed by atoms with Crippen LogP contribution >= 0.6 is 0 Å². The van der Waals surface area contributed by atoms with Gasteiger partial charge in [0.25, 0.3) is 15.9 Å². The fourth-order valence-corrected chi connectivity index (χ4v) is 3.09. The van der Waals surface area contributed by atoms with Crippen molar-refractivity contribution in [1.29, 1.82) is 0 Å². The van der Waals surface area contributed by atoms with Gasteiger partial charge in [0.1, 0.15) is 5.70 Å². The molecule has 3 amide bonds. The summed E-state index contributed by atoms with van der Waals surface area (Å²) in [6.45, 7) is 0. The number of hydrogen-bond donors (Lipinski definition) is 2. The lowest BCUT2D eigenvalue weighted by atomic mass is 10.2. The largest absolute Gasteiger partial charge is 0.328 e. The van der Waals surface area contributed by atoms with Crippen LogP contribution in [0.2, 0.25) is 0 Å². The predicted octanol–water partition coefficient (Wildman–Crippen LogP) is 1.52. The second kappa shape index (κ2) is 7.42. The Morgan fingerprint density at radius 1 is 1.00 bits per heavy atom. The van der Waals surface area contributed by atoms with Crippen molar-refractivity contribution in [2.75, 3.05) is 7.05 Å². The molecule has 2 N–H and O–H groups in total. The third-order valence-electron chi connectivity index (χ3n) is 3.77. The van der Waals surface area contributed by atoms with Gasteiger partial charge in [-0.2, -0.15) is 13.5 Å². The van der Waals surface area contributed by atoms with Crippen molar-refractivity contribution in [1.82, 2.24) is 15.0 Å². The number of sulfonamides is 1. The average Bonchev–Trinajstić information content (AvgIpc) is 2.90. The summed E-state index contributed by atoms with van der Waals surface area (Å²) in [4.78, 5) is 26.4. The van der Waals surface area contributed by atoms with Crippen molar-refractivity contribution in [3.63, 3.8) is 0 Å². The highest BCUT2D eigenvalue weighted by Crippen LogP contribution is 2.15. The van der Waals surface area contributed by atoms with Gasteiger partial charge in [-0.3, -0.25) is 9.69 Å². The minimum Gasteiger partial charge on any atom is -0.303 e. The average molecular weight is 384 g/mol. The molecule has 0 radical (unpaired) electrons. The standard InChI is InChI=1S/C18H16N4O4S/c1-22-17(23)16(20-18(22)24)11-13-7-9-15(10-8-13)27(25,26)21-19-12-14-5-3-2-4-6-14/h2-12,21H,1H3,(H,20,24)/b16-11-,19-12-. The summed E-state index contributed by atoms with van der Waals surface area (Å²) in [6, 6.07) is 14.4. The van der Waals surface area contributed by atoms with Gasteiger partial charge in [-0.05, 0) is 29.3 Å². The van der Waals surface area contributed by atoms with Gasteiger partial charge < -0.3 is 5.32 Å². The molecule has 0 aromatic heterocycles. The van der Waals surface area contributed by atoms with E-state index in [1.54, 1.807) is 12.1 Å². The molecule has 0 unspecified atom stereocenters. The molecule has 1 aliphatic rings. The van der Waals surface area contributed by atoms with Crippen LogP contribution in [0.3, 0.4) is 0 Å². The quantitative estimate of drug-likeness (QED) is 0.353. The van der Waals surface area contributed by atoms with E-state index in [1.807, 2.05) is 18.2 Å². The smallest absolute Gasteiger partial charge is 0.303 e. The lowest BCUT2D eigenvalue weighted by Gasteiger charge is -2.04. The maximum atomic E-state index is 12.3. The number of imide groups is 1. The summed E-state index contributed by atoms with van der Waals surface area (Å²) < 4.78 is 24.5. The summed E-state index contributed by atoms with van der Waals surface area (Å²) >= 11 is 0. The van der Waals surface area contributed by atoms with Crippen molar-refractivity contribution < 1.29 is 18.0 Å². The number of benzene rings is 2. The van der Waals surface area contributed by atoms with E-state index >= 15 is 0 Å². The topological polar surface area (TPSA) is 108 Å². The van der Waals surface area contributed by atoms with E-state index in [4.69, 9.17) is 0 Å². The summed E-state index contributed by atoms with van der Waals surface area (Å²) in [5.74, 6) is -0.450. The van der Waals surface area contributed by atoms with E-state index in [0.29, 0.717) is 5.56 Å². The third-order valence-corrected chi connectivity index (χ3v) is 5.01. The number of urea groups is 1. The molecule has 9 heteroatoms. The number of carbonyl (C=O) groups excluding carboxylic acids is 2. The molecular weight excluding hydrogens is 368 g/mol. The van der Waals surface area contributed by atoms with Crippen LogP contribution in [-0.4, -0.2) is 38.5 Å². The molecule has 0 bridgehead atoms. The molecule has 1 fully saturated rings. The molecule has 1 heterocycles. The maximum Gasteiger partial charge on any atom is 0.328 e. The van der Waals surface area contributed by atoms with Gasteiger partial charge in [0, 0.05) is 7.05 Å². The second-order valence-corrected chi connectivity index (χ2v) is 7.35. The van der Waals surface area contributed by atoms with Crippen molar-refractivity contribution in [2.45, 2.75) is 4.90 Å². The highest BCUT2D eigenvalue weighted by Gasteiger charge is 2.29. The zero-order chi connectivity index (χ0) is 19.4. The van der Waals surface area contributed by atoms with Crippen LogP contribution < -0.4 is 10.1 Å². The van der Waals surface area contributed by atoms with Crippen molar-refractivity contribution in [2.24, 2.45) is 5.10 Å². The molecule has 2 aromatic carbocycles. The van der Waals surface area contributed by atoms with Crippen LogP contribution in [0.25, 0.3) is 6.08 Å². The lowest BCUT2D eigenvalue weighted by molar-refractivity contribution is -0.121. The molecule has 138 valence electrons.